The van der Waals surface area contributed by atoms with E-state index in [1.165, 1.54) is 47.1 Å². The maximum Gasteiger partial charge on any atom is -0.00388 e. The van der Waals surface area contributed by atoms with E-state index in [0.717, 1.165) is 0 Å². The molecule has 0 atom stereocenters. The fourth-order valence-corrected chi connectivity index (χ4v) is 2.89. The van der Waals surface area contributed by atoms with Crippen molar-refractivity contribution in [3.05, 3.63) is 101 Å². The topological polar surface area (TPSA) is 0 Å². The molecule has 0 heterocycles. The third-order valence-corrected chi connectivity index (χ3v) is 4.05. The van der Waals surface area contributed by atoms with Crippen LogP contribution in [0.2, 0.25) is 0 Å². The molecule has 0 aromatic heterocycles. The molecule has 0 N–H and O–H groups in total. The highest BCUT2D eigenvalue weighted by Gasteiger charge is 2.12. The normalized spacial score (nSPS) is 13.3. The predicted octanol–water partition coefficient (Wildman–Crippen LogP) is 6.17. The smallest absolute Gasteiger partial charge is 0.00388 e. The lowest BCUT2D eigenvalue weighted by Crippen LogP contribution is -1.90. The van der Waals surface area contributed by atoms with Gasteiger partial charge in [-0.05, 0) is 40.7 Å². The van der Waals surface area contributed by atoms with Gasteiger partial charge in [-0.2, -0.15) is 0 Å². The summed E-state index contributed by atoms with van der Waals surface area (Å²) in [6.07, 6.45) is 10.6. The Balaban J connectivity index is 2.06. The van der Waals surface area contributed by atoms with Gasteiger partial charge >= 0.3 is 0 Å². The quantitative estimate of drug-likeness (QED) is 0.616. The monoisotopic (exact) mass is 286 g/mol. The summed E-state index contributed by atoms with van der Waals surface area (Å²) in [6, 6.07) is 21.4. The molecule has 0 radical (unpaired) electrons. The van der Waals surface area contributed by atoms with E-state index in [9.17, 15) is 0 Å². The second-order valence-corrected chi connectivity index (χ2v) is 5.72. The number of hydrogen-bond acceptors (Lipinski definition) is 0. The molecule has 0 spiro atoms. The first-order chi connectivity index (χ1) is 10.9. The summed E-state index contributed by atoms with van der Waals surface area (Å²) in [5, 5.41) is 0. The summed E-state index contributed by atoms with van der Waals surface area (Å²) in [5.41, 5.74) is 6.65. The number of benzene rings is 2. The predicted molar refractivity (Wildman–Crippen MR) is 95.7 cm³/mol. The number of hydrogen-bond donors (Lipinski definition) is 0. The maximum absolute atomic E-state index is 2.35. The molecule has 0 aliphatic heterocycles. The number of allylic oxidation sites excluding steroid dienone is 5. The molecule has 1 aliphatic carbocycles. The molecule has 0 unspecified atom stereocenters. The fourth-order valence-electron chi connectivity index (χ4n) is 2.89. The molecule has 2 aromatic carbocycles. The summed E-state index contributed by atoms with van der Waals surface area (Å²) in [4.78, 5) is 0. The standard InChI is InChI=1S/C22H22/c1-2-3-10-18-15-16-21(17-18)22(19-11-6-4-7-12-19)20-13-8-5-9-14-20/h4-9,11-17H,2-3,10H2,1H3. The third-order valence-electron chi connectivity index (χ3n) is 4.05. The van der Waals surface area contributed by atoms with Gasteiger partial charge in [0.15, 0.2) is 0 Å². The molecule has 0 heteroatoms. The Morgan fingerprint density at radius 2 is 1.36 bits per heavy atom. The molecule has 2 aromatic rings. The molecule has 0 bridgehead atoms. The minimum absolute atomic E-state index is 1.17. The molecule has 0 amide bonds. The lowest BCUT2D eigenvalue weighted by Gasteiger charge is -2.11. The van der Waals surface area contributed by atoms with E-state index >= 15 is 0 Å². The summed E-state index contributed by atoms with van der Waals surface area (Å²) >= 11 is 0. The van der Waals surface area contributed by atoms with Crippen LogP contribution in [0.15, 0.2) is 90.0 Å². The molecule has 110 valence electrons. The summed E-state index contributed by atoms with van der Waals surface area (Å²) in [7, 11) is 0. The van der Waals surface area contributed by atoms with E-state index in [1.807, 2.05) is 0 Å². The highest BCUT2D eigenvalue weighted by atomic mass is 14.2. The van der Waals surface area contributed by atoms with E-state index in [1.54, 1.807) is 0 Å². The zero-order chi connectivity index (χ0) is 15.2. The van der Waals surface area contributed by atoms with Crippen LogP contribution in [0.5, 0.6) is 0 Å². The van der Waals surface area contributed by atoms with E-state index < -0.39 is 0 Å². The molecule has 0 fully saturated rings. The summed E-state index contributed by atoms with van der Waals surface area (Å²) in [5.74, 6) is 0. The largest absolute Gasteiger partial charge is 0.0654 e. The minimum Gasteiger partial charge on any atom is -0.0654 e. The highest BCUT2D eigenvalue weighted by molar-refractivity contribution is 5.86. The second kappa shape index (κ2) is 7.09. The van der Waals surface area contributed by atoms with Crippen LogP contribution in [0.4, 0.5) is 0 Å². The Kier molecular flexibility index (Phi) is 4.70. The number of unbranched alkanes of at least 4 members (excludes halogenated alkanes) is 1. The van der Waals surface area contributed by atoms with Gasteiger partial charge in [0.1, 0.15) is 0 Å². The minimum atomic E-state index is 1.17. The molecule has 1 aliphatic rings. The Labute approximate surface area is 133 Å². The summed E-state index contributed by atoms with van der Waals surface area (Å²) in [6.45, 7) is 2.25. The van der Waals surface area contributed by atoms with Gasteiger partial charge in [-0.15, -0.1) is 0 Å². The van der Waals surface area contributed by atoms with Gasteiger partial charge in [-0.1, -0.05) is 92.2 Å². The summed E-state index contributed by atoms with van der Waals surface area (Å²) < 4.78 is 0. The molecular formula is C22H22. The Bertz CT molecular complexity index is 659. The maximum atomic E-state index is 2.35. The zero-order valence-electron chi connectivity index (χ0n) is 13.1. The lowest BCUT2D eigenvalue weighted by atomic mass is 9.93. The first-order valence-corrected chi connectivity index (χ1v) is 8.12. The van der Waals surface area contributed by atoms with Crippen molar-refractivity contribution in [2.45, 2.75) is 26.2 Å². The van der Waals surface area contributed by atoms with Crippen molar-refractivity contribution >= 4 is 5.57 Å². The lowest BCUT2D eigenvalue weighted by molar-refractivity contribution is 0.799. The Morgan fingerprint density at radius 1 is 0.773 bits per heavy atom. The van der Waals surface area contributed by atoms with E-state index in [4.69, 9.17) is 0 Å². The van der Waals surface area contributed by atoms with Crippen LogP contribution in [-0.4, -0.2) is 0 Å². The molecular weight excluding hydrogens is 264 g/mol. The van der Waals surface area contributed by atoms with Gasteiger partial charge in [0.2, 0.25) is 0 Å². The van der Waals surface area contributed by atoms with E-state index in [0.29, 0.717) is 0 Å². The van der Waals surface area contributed by atoms with Crippen molar-refractivity contribution < 1.29 is 0 Å². The Hall–Kier alpha value is -2.34. The third kappa shape index (κ3) is 3.28. The van der Waals surface area contributed by atoms with Gasteiger partial charge in [-0.25, -0.2) is 0 Å². The van der Waals surface area contributed by atoms with Crippen LogP contribution >= 0.6 is 0 Å². The molecule has 0 nitrogen and oxygen atoms in total. The van der Waals surface area contributed by atoms with Crippen LogP contribution < -0.4 is 0 Å². The fraction of sp³-hybridized carbons (Fsp3) is 0.182. The van der Waals surface area contributed by atoms with Crippen LogP contribution in [0.1, 0.15) is 37.3 Å². The van der Waals surface area contributed by atoms with Gasteiger partial charge in [0, 0.05) is 0 Å². The van der Waals surface area contributed by atoms with Crippen molar-refractivity contribution in [3.63, 3.8) is 0 Å². The Morgan fingerprint density at radius 3 is 1.91 bits per heavy atom. The van der Waals surface area contributed by atoms with Crippen molar-refractivity contribution in [2.75, 3.05) is 0 Å². The van der Waals surface area contributed by atoms with Crippen LogP contribution in [0.3, 0.4) is 0 Å². The van der Waals surface area contributed by atoms with Crippen molar-refractivity contribution in [1.82, 2.24) is 0 Å². The van der Waals surface area contributed by atoms with Crippen molar-refractivity contribution in [2.24, 2.45) is 0 Å². The van der Waals surface area contributed by atoms with Crippen molar-refractivity contribution in [1.29, 1.82) is 0 Å². The first-order valence-electron chi connectivity index (χ1n) is 8.12. The van der Waals surface area contributed by atoms with Gasteiger partial charge in [-0.3, -0.25) is 0 Å². The first kappa shape index (κ1) is 14.6. The second-order valence-electron chi connectivity index (χ2n) is 5.72. The van der Waals surface area contributed by atoms with Gasteiger partial charge < -0.3 is 0 Å². The highest BCUT2D eigenvalue weighted by Crippen LogP contribution is 2.32. The van der Waals surface area contributed by atoms with Gasteiger partial charge in [0.05, 0.1) is 0 Å². The molecule has 22 heavy (non-hydrogen) atoms. The van der Waals surface area contributed by atoms with Crippen LogP contribution in [0, 0.1) is 0 Å². The van der Waals surface area contributed by atoms with Crippen LogP contribution in [-0.2, 0) is 0 Å². The average Bonchev–Trinajstić information content (AvgIpc) is 3.04. The molecule has 0 saturated heterocycles. The molecule has 0 saturated carbocycles. The van der Waals surface area contributed by atoms with Crippen LogP contribution in [0.25, 0.3) is 5.57 Å². The zero-order valence-corrected chi connectivity index (χ0v) is 13.1. The molecule has 3 rings (SSSR count). The SMILES string of the molecule is CCCCC1=CC(=C(c2ccccc2)c2ccccc2)C=C1. The average molecular weight is 286 g/mol. The van der Waals surface area contributed by atoms with E-state index in [2.05, 4.69) is 85.8 Å². The van der Waals surface area contributed by atoms with E-state index in [-0.39, 0.29) is 0 Å². The van der Waals surface area contributed by atoms with Gasteiger partial charge in [0.25, 0.3) is 0 Å². The number of rotatable bonds is 5. The van der Waals surface area contributed by atoms with Crippen molar-refractivity contribution in [3.8, 4) is 0 Å².